The normalized spacial score (nSPS) is 13.5. The van der Waals surface area contributed by atoms with E-state index in [-0.39, 0.29) is 17.8 Å². The van der Waals surface area contributed by atoms with Gasteiger partial charge in [-0.25, -0.2) is 0 Å². The number of carbonyl (C=O) groups is 1. The molecule has 0 radical (unpaired) electrons. The van der Waals surface area contributed by atoms with Crippen LogP contribution in [0.15, 0.2) is 54.6 Å². The Morgan fingerprint density at radius 1 is 0.900 bits per heavy atom. The first-order valence-electron chi connectivity index (χ1n) is 10.3. The molecule has 2 aromatic rings. The molecule has 0 saturated carbocycles. The minimum atomic E-state index is -1.01. The van der Waals surface area contributed by atoms with Gasteiger partial charge in [0.15, 0.2) is 0 Å². The predicted octanol–water partition coefficient (Wildman–Crippen LogP) is 6.15. The number of carbonyl (C=O) groups excluding carboxylic acids is 1. The second-order valence-corrected chi connectivity index (χ2v) is 7.94. The van der Waals surface area contributed by atoms with Crippen LogP contribution in [0, 0.1) is 46.8 Å². The molecule has 2 aromatic carbocycles. The third-order valence-electron chi connectivity index (χ3n) is 4.62. The number of para-hydroxylation sites is 1. The molecule has 3 atom stereocenters. The molecule has 0 N–H and O–H groups in total. The average Bonchev–Trinajstić information content (AvgIpc) is 2.71. The number of nitrogens with zero attached hydrogens (tertiary/aromatic N) is 1. The summed E-state index contributed by atoms with van der Waals surface area (Å²) in [5, 5.41) is 9.65. The van der Waals surface area contributed by atoms with Gasteiger partial charge in [-0.1, -0.05) is 70.9 Å². The zero-order chi connectivity index (χ0) is 22.1. The van der Waals surface area contributed by atoms with E-state index in [4.69, 9.17) is 9.47 Å². The van der Waals surface area contributed by atoms with Crippen molar-refractivity contribution in [1.82, 2.24) is 0 Å². The number of hydrogen-bond donors (Lipinski definition) is 0. The van der Waals surface area contributed by atoms with E-state index in [1.807, 2.05) is 65.0 Å². The van der Waals surface area contributed by atoms with Crippen LogP contribution in [0.25, 0.3) is 0 Å². The Kier molecular flexibility index (Phi) is 8.51. The fourth-order valence-electron chi connectivity index (χ4n) is 3.17. The number of esters is 1. The maximum Gasteiger partial charge on any atom is 0.312 e. The van der Waals surface area contributed by atoms with Gasteiger partial charge >= 0.3 is 5.97 Å². The third kappa shape index (κ3) is 6.68. The average molecular weight is 404 g/mol. The van der Waals surface area contributed by atoms with Crippen LogP contribution < -0.4 is 4.74 Å². The number of nitriles is 1. The first-order chi connectivity index (χ1) is 14.3. The maximum atomic E-state index is 12.9. The Bertz CT molecular complexity index is 932. The van der Waals surface area contributed by atoms with E-state index in [2.05, 4.69) is 17.9 Å². The van der Waals surface area contributed by atoms with Crippen LogP contribution in [-0.2, 0) is 9.53 Å². The van der Waals surface area contributed by atoms with Crippen LogP contribution in [0.5, 0.6) is 11.5 Å². The highest BCUT2D eigenvalue weighted by atomic mass is 16.5. The summed E-state index contributed by atoms with van der Waals surface area (Å²) in [6.45, 7) is 9.89. The van der Waals surface area contributed by atoms with Crippen LogP contribution in [0.3, 0.4) is 0 Å². The standard InChI is InChI=1S/C26H29NO3/c1-18(2)14-15-20(5)25(19(3)4)26(28)30-24(17-27)21-10-9-13-23(16-21)29-22-11-7-6-8-12-22/h6-13,16,18-20,24-25H,1-5H3. The third-order valence-corrected chi connectivity index (χ3v) is 4.62. The van der Waals surface area contributed by atoms with Crippen molar-refractivity contribution in [3.8, 4) is 29.4 Å². The molecule has 0 bridgehead atoms. The summed E-state index contributed by atoms with van der Waals surface area (Å²) >= 11 is 0. The Morgan fingerprint density at radius 2 is 1.57 bits per heavy atom. The van der Waals surface area contributed by atoms with Crippen molar-refractivity contribution in [3.05, 3.63) is 60.2 Å². The summed E-state index contributed by atoms with van der Waals surface area (Å²) in [5.41, 5.74) is 0.572. The topological polar surface area (TPSA) is 59.3 Å². The van der Waals surface area contributed by atoms with Crippen molar-refractivity contribution < 1.29 is 14.3 Å². The summed E-state index contributed by atoms with van der Waals surface area (Å²) in [5.74, 6) is 6.85. The van der Waals surface area contributed by atoms with Gasteiger partial charge in [0, 0.05) is 17.4 Å². The van der Waals surface area contributed by atoms with Crippen LogP contribution in [0.2, 0.25) is 0 Å². The lowest BCUT2D eigenvalue weighted by molar-refractivity contribution is -0.154. The molecule has 0 aliphatic carbocycles. The van der Waals surface area contributed by atoms with Gasteiger partial charge in [0.05, 0.1) is 5.92 Å². The Labute approximate surface area is 179 Å². The highest BCUT2D eigenvalue weighted by Gasteiger charge is 2.31. The summed E-state index contributed by atoms with van der Waals surface area (Å²) in [7, 11) is 0. The van der Waals surface area contributed by atoms with Gasteiger partial charge in [-0.3, -0.25) is 4.79 Å². The molecule has 0 saturated heterocycles. The second kappa shape index (κ2) is 11.1. The number of rotatable bonds is 7. The van der Waals surface area contributed by atoms with Crippen LogP contribution in [-0.4, -0.2) is 5.97 Å². The fourth-order valence-corrected chi connectivity index (χ4v) is 3.17. The molecule has 2 rings (SSSR count). The van der Waals surface area contributed by atoms with Gasteiger partial charge in [0.2, 0.25) is 6.10 Å². The lowest BCUT2D eigenvalue weighted by atomic mass is 9.84. The Morgan fingerprint density at radius 3 is 2.17 bits per heavy atom. The SMILES string of the molecule is CC(C)C#CC(C)C(C(=O)OC(C#N)c1cccc(Oc2ccccc2)c1)C(C)C. The zero-order valence-electron chi connectivity index (χ0n) is 18.3. The molecule has 0 aliphatic heterocycles. The first kappa shape index (κ1) is 23.0. The van der Waals surface area contributed by atoms with Crippen molar-refractivity contribution in [2.75, 3.05) is 0 Å². The van der Waals surface area contributed by atoms with Gasteiger partial charge < -0.3 is 9.47 Å². The van der Waals surface area contributed by atoms with Gasteiger partial charge in [-0.2, -0.15) is 5.26 Å². The molecule has 4 heteroatoms. The van der Waals surface area contributed by atoms with E-state index >= 15 is 0 Å². The molecule has 0 spiro atoms. The van der Waals surface area contributed by atoms with Crippen molar-refractivity contribution in [1.29, 1.82) is 5.26 Å². The minimum Gasteiger partial charge on any atom is -0.457 e. The van der Waals surface area contributed by atoms with E-state index in [1.54, 1.807) is 24.3 Å². The second-order valence-electron chi connectivity index (χ2n) is 7.94. The summed E-state index contributed by atoms with van der Waals surface area (Å²) < 4.78 is 11.4. The van der Waals surface area contributed by atoms with Crippen LogP contribution in [0.1, 0.15) is 46.3 Å². The first-order valence-corrected chi connectivity index (χ1v) is 10.3. The van der Waals surface area contributed by atoms with E-state index in [9.17, 15) is 10.1 Å². The highest BCUT2D eigenvalue weighted by molar-refractivity contribution is 5.74. The molecular weight excluding hydrogens is 374 g/mol. The molecule has 156 valence electrons. The van der Waals surface area contributed by atoms with Gasteiger partial charge in [-0.05, 0) is 30.2 Å². The molecule has 30 heavy (non-hydrogen) atoms. The van der Waals surface area contributed by atoms with Gasteiger partial charge in [0.25, 0.3) is 0 Å². The van der Waals surface area contributed by atoms with Crippen LogP contribution in [0.4, 0.5) is 0 Å². The lowest BCUT2D eigenvalue weighted by Crippen LogP contribution is -2.29. The Hall–Kier alpha value is -3.24. The van der Waals surface area contributed by atoms with Crippen molar-refractivity contribution in [2.24, 2.45) is 23.7 Å². The maximum absolute atomic E-state index is 12.9. The smallest absolute Gasteiger partial charge is 0.312 e. The molecule has 4 nitrogen and oxygen atoms in total. The van der Waals surface area contributed by atoms with Gasteiger partial charge in [0.1, 0.15) is 17.6 Å². The van der Waals surface area contributed by atoms with E-state index in [0.717, 1.165) is 0 Å². The van der Waals surface area contributed by atoms with E-state index in [0.29, 0.717) is 17.1 Å². The molecular formula is C26H29NO3. The van der Waals surface area contributed by atoms with E-state index < -0.39 is 18.0 Å². The summed E-state index contributed by atoms with van der Waals surface area (Å²) in [6, 6.07) is 18.5. The van der Waals surface area contributed by atoms with Gasteiger partial charge in [-0.15, -0.1) is 5.92 Å². The quantitative estimate of drug-likeness (QED) is 0.411. The van der Waals surface area contributed by atoms with Crippen LogP contribution >= 0.6 is 0 Å². The number of benzene rings is 2. The summed E-state index contributed by atoms with van der Waals surface area (Å²) in [6.07, 6.45) is -1.01. The number of ether oxygens (including phenoxy) is 2. The molecule has 0 heterocycles. The molecule has 0 aliphatic rings. The van der Waals surface area contributed by atoms with Crippen molar-refractivity contribution in [2.45, 2.75) is 40.7 Å². The van der Waals surface area contributed by atoms with Crippen molar-refractivity contribution in [3.63, 3.8) is 0 Å². The van der Waals surface area contributed by atoms with E-state index in [1.165, 1.54) is 0 Å². The molecule has 0 aromatic heterocycles. The molecule has 0 fully saturated rings. The zero-order valence-corrected chi connectivity index (χ0v) is 18.3. The monoisotopic (exact) mass is 403 g/mol. The highest BCUT2D eigenvalue weighted by Crippen LogP contribution is 2.29. The lowest BCUT2D eigenvalue weighted by Gasteiger charge is -2.24. The molecule has 0 amide bonds. The molecule has 3 unspecified atom stereocenters. The number of hydrogen-bond acceptors (Lipinski definition) is 4. The summed E-state index contributed by atoms with van der Waals surface area (Å²) in [4.78, 5) is 12.9. The Balaban J connectivity index is 2.17. The minimum absolute atomic E-state index is 0.0426. The van der Waals surface area contributed by atoms with Crippen molar-refractivity contribution >= 4 is 5.97 Å². The predicted molar refractivity (Wildman–Crippen MR) is 118 cm³/mol. The fraction of sp³-hybridized carbons (Fsp3) is 0.385. The largest absolute Gasteiger partial charge is 0.457 e.